The highest BCUT2D eigenvalue weighted by molar-refractivity contribution is 5.99. The summed E-state index contributed by atoms with van der Waals surface area (Å²) in [6, 6.07) is 6.90. The van der Waals surface area contributed by atoms with Crippen LogP contribution in [0.5, 0.6) is 5.75 Å². The summed E-state index contributed by atoms with van der Waals surface area (Å²) in [5, 5.41) is 0. The van der Waals surface area contributed by atoms with Crippen molar-refractivity contribution >= 4 is 11.6 Å². The van der Waals surface area contributed by atoms with Gasteiger partial charge in [0.05, 0.1) is 18.9 Å². The van der Waals surface area contributed by atoms with Crippen molar-refractivity contribution in [3.05, 3.63) is 47.4 Å². The van der Waals surface area contributed by atoms with Crippen LogP contribution in [0.15, 0.2) is 34.9 Å². The minimum absolute atomic E-state index is 0.151. The van der Waals surface area contributed by atoms with Crippen molar-refractivity contribution in [2.24, 2.45) is 0 Å². The molecule has 0 saturated heterocycles. The van der Waals surface area contributed by atoms with Gasteiger partial charge in [-0.05, 0) is 31.2 Å². The normalized spacial score (nSPS) is 10.3. The van der Waals surface area contributed by atoms with Crippen LogP contribution in [0.2, 0.25) is 0 Å². The van der Waals surface area contributed by atoms with E-state index in [1.54, 1.807) is 43.5 Å². The molecular formula is C15H18N2O3. The van der Waals surface area contributed by atoms with E-state index in [4.69, 9.17) is 14.9 Å². The Hall–Kier alpha value is -2.43. The standard InChI is InChI=1S/C15H18N2O3/c1-10-11(6-7-20-10)9-17(2)15(18)13-8-12(19-3)4-5-14(13)16/h4-8H,9,16H2,1-3H3. The first-order valence-electron chi connectivity index (χ1n) is 6.25. The molecule has 1 aromatic carbocycles. The number of nitrogen functional groups attached to an aromatic ring is 1. The molecule has 0 atom stereocenters. The van der Waals surface area contributed by atoms with E-state index in [9.17, 15) is 4.79 Å². The van der Waals surface area contributed by atoms with Crippen molar-refractivity contribution in [1.82, 2.24) is 4.90 Å². The van der Waals surface area contributed by atoms with Gasteiger partial charge in [0, 0.05) is 24.8 Å². The Labute approximate surface area is 117 Å². The quantitative estimate of drug-likeness (QED) is 0.869. The van der Waals surface area contributed by atoms with Gasteiger partial charge in [-0.2, -0.15) is 0 Å². The van der Waals surface area contributed by atoms with Crippen LogP contribution >= 0.6 is 0 Å². The van der Waals surface area contributed by atoms with Gasteiger partial charge in [-0.3, -0.25) is 4.79 Å². The summed E-state index contributed by atoms with van der Waals surface area (Å²) in [7, 11) is 3.28. The largest absolute Gasteiger partial charge is 0.497 e. The zero-order valence-corrected chi connectivity index (χ0v) is 11.8. The van der Waals surface area contributed by atoms with Gasteiger partial charge in [-0.25, -0.2) is 0 Å². The lowest BCUT2D eigenvalue weighted by molar-refractivity contribution is 0.0785. The first-order chi connectivity index (χ1) is 9.52. The highest BCUT2D eigenvalue weighted by atomic mass is 16.5. The molecule has 0 aliphatic carbocycles. The number of rotatable bonds is 4. The summed E-state index contributed by atoms with van der Waals surface area (Å²) in [5.74, 6) is 1.26. The molecule has 20 heavy (non-hydrogen) atoms. The molecule has 0 aliphatic heterocycles. The fourth-order valence-electron chi connectivity index (χ4n) is 1.96. The van der Waals surface area contributed by atoms with Crippen molar-refractivity contribution < 1.29 is 13.9 Å². The van der Waals surface area contributed by atoms with Gasteiger partial charge in [-0.15, -0.1) is 0 Å². The third-order valence-electron chi connectivity index (χ3n) is 3.21. The van der Waals surface area contributed by atoms with Gasteiger partial charge >= 0.3 is 0 Å². The molecule has 0 aliphatic rings. The monoisotopic (exact) mass is 274 g/mol. The van der Waals surface area contributed by atoms with E-state index in [0.29, 0.717) is 23.5 Å². The Morgan fingerprint density at radius 3 is 2.75 bits per heavy atom. The van der Waals surface area contributed by atoms with Gasteiger partial charge in [0.1, 0.15) is 11.5 Å². The lowest BCUT2D eigenvalue weighted by Gasteiger charge is -2.18. The van der Waals surface area contributed by atoms with Gasteiger partial charge < -0.3 is 19.8 Å². The van der Waals surface area contributed by atoms with Crippen LogP contribution in [0.3, 0.4) is 0 Å². The lowest BCUT2D eigenvalue weighted by Crippen LogP contribution is -2.27. The highest BCUT2D eigenvalue weighted by Gasteiger charge is 2.17. The van der Waals surface area contributed by atoms with E-state index >= 15 is 0 Å². The Balaban J connectivity index is 2.20. The number of amides is 1. The number of hydrogen-bond acceptors (Lipinski definition) is 4. The van der Waals surface area contributed by atoms with Crippen LogP contribution in [0, 0.1) is 6.92 Å². The molecule has 0 radical (unpaired) electrons. The number of carbonyl (C=O) groups excluding carboxylic acids is 1. The zero-order chi connectivity index (χ0) is 14.7. The predicted octanol–water partition coefficient (Wildman–Crippen LogP) is 2.45. The molecule has 5 heteroatoms. The third kappa shape index (κ3) is 2.77. The highest BCUT2D eigenvalue weighted by Crippen LogP contribution is 2.21. The second-order valence-electron chi connectivity index (χ2n) is 4.62. The van der Waals surface area contributed by atoms with Crippen LogP contribution in [0.25, 0.3) is 0 Å². The van der Waals surface area contributed by atoms with E-state index in [-0.39, 0.29) is 5.91 Å². The maximum atomic E-state index is 12.4. The van der Waals surface area contributed by atoms with Crippen molar-refractivity contribution in [3.63, 3.8) is 0 Å². The van der Waals surface area contributed by atoms with Gasteiger partial charge in [0.2, 0.25) is 0 Å². The molecule has 1 aromatic heterocycles. The van der Waals surface area contributed by atoms with E-state index in [1.807, 2.05) is 13.0 Å². The minimum Gasteiger partial charge on any atom is -0.497 e. The number of aryl methyl sites for hydroxylation is 1. The second kappa shape index (κ2) is 5.69. The fourth-order valence-corrected chi connectivity index (χ4v) is 1.96. The summed E-state index contributed by atoms with van der Waals surface area (Å²) in [6.07, 6.45) is 1.61. The molecule has 0 saturated carbocycles. The van der Waals surface area contributed by atoms with Gasteiger partial charge in [0.25, 0.3) is 5.91 Å². The number of ether oxygens (including phenoxy) is 1. The summed E-state index contributed by atoms with van der Waals surface area (Å²) < 4.78 is 10.4. The molecular weight excluding hydrogens is 256 g/mol. The zero-order valence-electron chi connectivity index (χ0n) is 11.8. The second-order valence-corrected chi connectivity index (χ2v) is 4.62. The Kier molecular flexibility index (Phi) is 3.98. The van der Waals surface area contributed by atoms with E-state index in [0.717, 1.165) is 11.3 Å². The molecule has 0 spiro atoms. The number of carbonyl (C=O) groups is 1. The fraction of sp³-hybridized carbons (Fsp3) is 0.267. The molecule has 106 valence electrons. The van der Waals surface area contributed by atoms with Gasteiger partial charge in [0.15, 0.2) is 0 Å². The van der Waals surface area contributed by atoms with Gasteiger partial charge in [-0.1, -0.05) is 0 Å². The molecule has 1 heterocycles. The van der Waals surface area contributed by atoms with Crippen LogP contribution in [0.4, 0.5) is 5.69 Å². The number of benzene rings is 1. The van der Waals surface area contributed by atoms with E-state index < -0.39 is 0 Å². The smallest absolute Gasteiger partial charge is 0.256 e. The Bertz CT molecular complexity index is 619. The maximum Gasteiger partial charge on any atom is 0.256 e. The lowest BCUT2D eigenvalue weighted by atomic mass is 10.1. The number of methoxy groups -OCH3 is 1. The van der Waals surface area contributed by atoms with Crippen LogP contribution in [-0.2, 0) is 6.54 Å². The number of furan rings is 1. The molecule has 5 nitrogen and oxygen atoms in total. The summed E-state index contributed by atoms with van der Waals surface area (Å²) >= 11 is 0. The third-order valence-corrected chi connectivity index (χ3v) is 3.21. The number of nitrogens with two attached hydrogens (primary N) is 1. The Morgan fingerprint density at radius 2 is 2.15 bits per heavy atom. The van der Waals surface area contributed by atoms with Crippen molar-refractivity contribution in [2.45, 2.75) is 13.5 Å². The van der Waals surface area contributed by atoms with Crippen LogP contribution in [-0.4, -0.2) is 25.0 Å². The first kappa shape index (κ1) is 14.0. The topological polar surface area (TPSA) is 68.7 Å². The number of nitrogens with zero attached hydrogens (tertiary/aromatic N) is 1. The Morgan fingerprint density at radius 1 is 1.40 bits per heavy atom. The van der Waals surface area contributed by atoms with Crippen LogP contribution in [0.1, 0.15) is 21.7 Å². The molecule has 2 aromatic rings. The van der Waals surface area contributed by atoms with Crippen molar-refractivity contribution in [1.29, 1.82) is 0 Å². The number of hydrogen-bond donors (Lipinski definition) is 1. The molecule has 2 N–H and O–H groups in total. The molecule has 0 unspecified atom stereocenters. The average Bonchev–Trinajstić information content (AvgIpc) is 2.84. The minimum atomic E-state index is -0.151. The van der Waals surface area contributed by atoms with Crippen molar-refractivity contribution in [2.75, 3.05) is 19.9 Å². The average molecular weight is 274 g/mol. The summed E-state index contributed by atoms with van der Waals surface area (Å²) in [5.41, 5.74) is 7.71. The summed E-state index contributed by atoms with van der Waals surface area (Å²) in [4.78, 5) is 14.0. The predicted molar refractivity (Wildman–Crippen MR) is 76.6 cm³/mol. The number of anilines is 1. The molecule has 2 rings (SSSR count). The van der Waals surface area contributed by atoms with E-state index in [1.165, 1.54) is 0 Å². The molecule has 0 fully saturated rings. The van der Waals surface area contributed by atoms with Crippen LogP contribution < -0.4 is 10.5 Å². The van der Waals surface area contributed by atoms with E-state index in [2.05, 4.69) is 0 Å². The molecule has 1 amide bonds. The summed E-state index contributed by atoms with van der Waals surface area (Å²) in [6.45, 7) is 2.34. The SMILES string of the molecule is COc1ccc(N)c(C(=O)N(C)Cc2ccoc2C)c1. The first-order valence-corrected chi connectivity index (χ1v) is 6.25. The molecule has 0 bridgehead atoms. The maximum absolute atomic E-state index is 12.4. The van der Waals surface area contributed by atoms with Crippen molar-refractivity contribution in [3.8, 4) is 5.75 Å².